The molecular formula is C25H35N5O6. The molecule has 0 aromatic heterocycles. The zero-order chi connectivity index (χ0) is 26.5. The molecule has 0 saturated heterocycles. The second kappa shape index (κ2) is 14.5. The minimum atomic E-state index is -0.935. The van der Waals surface area contributed by atoms with Crippen molar-refractivity contribution < 1.29 is 28.7 Å². The predicted octanol–water partition coefficient (Wildman–Crippen LogP) is 0.359. The molecule has 3 rings (SSSR count). The number of ketones is 1. The minimum Gasteiger partial charge on any atom is -0.490 e. The number of nitrogens with zero attached hydrogens (tertiary/aromatic N) is 1. The number of benzene rings is 1. The van der Waals surface area contributed by atoms with E-state index in [0.29, 0.717) is 18.6 Å². The zero-order valence-corrected chi connectivity index (χ0v) is 20.7. The number of rotatable bonds is 6. The molecule has 0 radical (unpaired) electrons. The van der Waals surface area contributed by atoms with Gasteiger partial charge in [0.05, 0.1) is 13.2 Å². The van der Waals surface area contributed by atoms with Gasteiger partial charge in [-0.1, -0.05) is 24.3 Å². The van der Waals surface area contributed by atoms with E-state index in [9.17, 15) is 19.2 Å². The van der Waals surface area contributed by atoms with Crippen LogP contribution < -0.4 is 26.8 Å². The van der Waals surface area contributed by atoms with Crippen molar-refractivity contribution in [1.29, 1.82) is 0 Å². The Morgan fingerprint density at radius 2 is 1.89 bits per heavy atom. The van der Waals surface area contributed by atoms with E-state index in [-0.39, 0.29) is 50.1 Å². The fraction of sp³-hybridized carbons (Fsp3) is 0.480. The number of methoxy groups -OCH3 is 1. The van der Waals surface area contributed by atoms with E-state index in [2.05, 4.69) is 15.6 Å². The molecule has 6 N–H and O–H groups in total. The molecule has 11 nitrogen and oxygen atoms in total. The van der Waals surface area contributed by atoms with Crippen LogP contribution in [0.5, 0.6) is 5.75 Å². The topological polar surface area (TPSA) is 175 Å². The summed E-state index contributed by atoms with van der Waals surface area (Å²) in [6.45, 7) is 1.88. The molecule has 2 aliphatic rings. The highest BCUT2D eigenvalue weighted by molar-refractivity contribution is 5.93. The molecule has 36 heavy (non-hydrogen) atoms. The standard InChI is InChI=1S/C25H35N5O6/c1-16(31)29-21-14-17-8-10-19(11-9-17)36-13-4-3-7-20(24(34)35-2)30-23(33)18(15-22(21)32)6-5-12-28-25(26)27/h3-4,8-11,18,20-21H,5-7,12-15H2,1-2H3,(H,29,31)(H,30,33)(H4,26,27,28)/t18-,20+,21-/m0/s1. The number of guanidine groups is 1. The van der Waals surface area contributed by atoms with Crippen LogP contribution in [-0.2, 0) is 30.3 Å². The van der Waals surface area contributed by atoms with Gasteiger partial charge in [-0.25, -0.2) is 4.79 Å². The van der Waals surface area contributed by atoms with Gasteiger partial charge in [-0.3, -0.25) is 19.4 Å². The number of amides is 2. The van der Waals surface area contributed by atoms with E-state index in [1.807, 2.05) is 12.1 Å². The number of fused-ring (bicyclic) bond motifs is 13. The maximum absolute atomic E-state index is 13.3. The molecule has 1 aromatic carbocycles. The smallest absolute Gasteiger partial charge is 0.328 e. The average molecular weight is 502 g/mol. The number of Topliss-reactive ketones (excluding diaryl/α,β-unsaturated/α-hetero) is 1. The fourth-order valence-electron chi connectivity index (χ4n) is 3.80. The fourth-order valence-corrected chi connectivity index (χ4v) is 3.80. The van der Waals surface area contributed by atoms with E-state index in [1.54, 1.807) is 24.3 Å². The van der Waals surface area contributed by atoms with Crippen LogP contribution >= 0.6 is 0 Å². The van der Waals surface area contributed by atoms with Gasteiger partial charge in [-0.15, -0.1) is 0 Å². The summed E-state index contributed by atoms with van der Waals surface area (Å²) in [4.78, 5) is 54.5. The molecule has 0 spiro atoms. The van der Waals surface area contributed by atoms with Crippen LogP contribution in [0.3, 0.4) is 0 Å². The zero-order valence-electron chi connectivity index (χ0n) is 20.7. The molecule has 2 bridgehead atoms. The van der Waals surface area contributed by atoms with Crippen molar-refractivity contribution in [2.24, 2.45) is 22.4 Å². The second-order valence-electron chi connectivity index (χ2n) is 8.52. The summed E-state index contributed by atoms with van der Waals surface area (Å²) in [6, 6.07) is 5.46. The van der Waals surface area contributed by atoms with Gasteiger partial charge in [0.25, 0.3) is 0 Å². The van der Waals surface area contributed by atoms with E-state index < -0.39 is 29.9 Å². The number of carbonyl (C=O) groups excluding carboxylic acids is 4. The Morgan fingerprint density at radius 3 is 2.53 bits per heavy atom. The molecule has 11 heteroatoms. The monoisotopic (exact) mass is 501 g/mol. The molecule has 3 atom stereocenters. The first-order valence-electron chi connectivity index (χ1n) is 11.8. The number of carbonyl (C=O) groups is 4. The van der Waals surface area contributed by atoms with Gasteiger partial charge in [-0.05, 0) is 43.4 Å². The van der Waals surface area contributed by atoms with E-state index in [4.69, 9.17) is 20.9 Å². The van der Waals surface area contributed by atoms with Crippen molar-refractivity contribution in [2.75, 3.05) is 20.3 Å². The summed E-state index contributed by atoms with van der Waals surface area (Å²) < 4.78 is 10.5. The SMILES string of the molecule is COC(=O)[C@H]1CC=CCOc2ccc(cc2)C[C@H](NC(C)=O)C(=O)C[C@H](CCCN=C(N)N)C(=O)N1. The molecule has 0 aliphatic carbocycles. The van der Waals surface area contributed by atoms with Crippen molar-refractivity contribution in [3.05, 3.63) is 42.0 Å². The van der Waals surface area contributed by atoms with Crippen molar-refractivity contribution >= 4 is 29.5 Å². The summed E-state index contributed by atoms with van der Waals surface area (Å²) in [5.41, 5.74) is 11.6. The van der Waals surface area contributed by atoms with Crippen LogP contribution in [0, 0.1) is 5.92 Å². The van der Waals surface area contributed by atoms with Crippen LogP contribution in [0.2, 0.25) is 0 Å². The van der Waals surface area contributed by atoms with Crippen molar-refractivity contribution in [1.82, 2.24) is 10.6 Å². The Kier molecular flexibility index (Phi) is 11.4. The Labute approximate surface area is 210 Å². The lowest BCUT2D eigenvalue weighted by Crippen LogP contribution is -2.46. The van der Waals surface area contributed by atoms with Gasteiger partial charge in [0.2, 0.25) is 11.8 Å². The summed E-state index contributed by atoms with van der Waals surface area (Å²) in [7, 11) is 1.24. The number of esters is 1. The van der Waals surface area contributed by atoms with Crippen LogP contribution in [0.4, 0.5) is 0 Å². The van der Waals surface area contributed by atoms with Crippen molar-refractivity contribution in [3.8, 4) is 5.75 Å². The van der Waals surface area contributed by atoms with E-state index in [1.165, 1.54) is 14.0 Å². The maximum atomic E-state index is 13.3. The number of hydrogen-bond acceptors (Lipinski definition) is 7. The van der Waals surface area contributed by atoms with Gasteiger partial charge in [-0.2, -0.15) is 0 Å². The highest BCUT2D eigenvalue weighted by Crippen LogP contribution is 2.18. The first-order chi connectivity index (χ1) is 17.2. The molecule has 2 amide bonds. The molecular weight excluding hydrogens is 466 g/mol. The van der Waals surface area contributed by atoms with Crippen LogP contribution in [0.15, 0.2) is 41.4 Å². The minimum absolute atomic E-state index is 0.0669. The number of hydrogen-bond donors (Lipinski definition) is 4. The first kappa shape index (κ1) is 28.3. The molecule has 1 aromatic rings. The number of aliphatic imine (C=N–C) groups is 1. The third kappa shape index (κ3) is 9.77. The summed E-state index contributed by atoms with van der Waals surface area (Å²) in [5, 5.41) is 5.40. The van der Waals surface area contributed by atoms with Crippen LogP contribution in [0.1, 0.15) is 38.2 Å². The largest absolute Gasteiger partial charge is 0.490 e. The molecule has 0 saturated carbocycles. The number of nitrogens with one attached hydrogen (secondary N) is 2. The Morgan fingerprint density at radius 1 is 1.17 bits per heavy atom. The summed E-state index contributed by atoms with van der Waals surface area (Å²) >= 11 is 0. The lowest BCUT2D eigenvalue weighted by molar-refractivity contribution is -0.145. The summed E-state index contributed by atoms with van der Waals surface area (Å²) in [6.07, 6.45) is 4.51. The predicted molar refractivity (Wildman–Crippen MR) is 134 cm³/mol. The maximum Gasteiger partial charge on any atom is 0.328 e. The highest BCUT2D eigenvalue weighted by Gasteiger charge is 2.30. The summed E-state index contributed by atoms with van der Waals surface area (Å²) in [5.74, 6) is -1.93. The third-order valence-electron chi connectivity index (χ3n) is 5.64. The first-order valence-corrected chi connectivity index (χ1v) is 11.8. The van der Waals surface area contributed by atoms with Crippen molar-refractivity contribution in [3.63, 3.8) is 0 Å². The molecule has 2 aliphatic heterocycles. The van der Waals surface area contributed by atoms with E-state index in [0.717, 1.165) is 5.56 Å². The lowest BCUT2D eigenvalue weighted by Gasteiger charge is -2.23. The molecule has 0 fully saturated rings. The van der Waals surface area contributed by atoms with E-state index >= 15 is 0 Å². The number of nitrogens with two attached hydrogens (primary N) is 2. The Bertz CT molecular complexity index is 972. The third-order valence-corrected chi connectivity index (χ3v) is 5.64. The van der Waals surface area contributed by atoms with Gasteiger partial charge in [0, 0.05) is 25.8 Å². The lowest BCUT2D eigenvalue weighted by atomic mass is 9.90. The molecule has 196 valence electrons. The quantitative estimate of drug-likeness (QED) is 0.142. The highest BCUT2D eigenvalue weighted by atomic mass is 16.5. The number of ether oxygens (including phenoxy) is 2. The van der Waals surface area contributed by atoms with Gasteiger partial charge in [0.15, 0.2) is 11.7 Å². The van der Waals surface area contributed by atoms with Crippen molar-refractivity contribution in [2.45, 2.75) is 51.1 Å². The molecule has 0 unspecified atom stereocenters. The van der Waals surface area contributed by atoms with Gasteiger partial charge < -0.3 is 31.6 Å². The van der Waals surface area contributed by atoms with Crippen LogP contribution in [0.25, 0.3) is 0 Å². The Hall–Kier alpha value is -3.89. The molecule has 2 heterocycles. The average Bonchev–Trinajstić information content (AvgIpc) is 2.84. The van der Waals surface area contributed by atoms with Gasteiger partial charge in [0.1, 0.15) is 18.4 Å². The Balaban J connectivity index is 2.34. The normalized spacial score (nSPS) is 21.0. The van der Waals surface area contributed by atoms with Crippen LogP contribution in [-0.4, -0.2) is 61.9 Å². The van der Waals surface area contributed by atoms with Gasteiger partial charge >= 0.3 is 5.97 Å². The second-order valence-corrected chi connectivity index (χ2v) is 8.52.